The van der Waals surface area contributed by atoms with Crippen molar-refractivity contribution < 1.29 is 9.47 Å². The highest BCUT2D eigenvalue weighted by Crippen LogP contribution is 2.24. The van der Waals surface area contributed by atoms with E-state index in [1.165, 1.54) is 5.56 Å². The SMILES string of the molecule is CCNC(=NCc1cccc2cccnc12)NCC(c1ccc(OC)cc1)N1CCOCC1. The van der Waals surface area contributed by atoms with Crippen LogP contribution in [0.3, 0.4) is 0 Å². The molecule has 1 aliphatic heterocycles. The Hall–Kier alpha value is -3.16. The molecule has 0 radical (unpaired) electrons. The molecule has 1 fully saturated rings. The number of hydrogen-bond donors (Lipinski definition) is 2. The molecule has 2 N–H and O–H groups in total. The Morgan fingerprint density at radius 2 is 1.88 bits per heavy atom. The topological polar surface area (TPSA) is 71.0 Å². The van der Waals surface area contributed by atoms with Crippen LogP contribution >= 0.6 is 0 Å². The molecule has 0 saturated carbocycles. The maximum Gasteiger partial charge on any atom is 0.191 e. The fraction of sp³-hybridized carbons (Fsp3) is 0.385. The van der Waals surface area contributed by atoms with Gasteiger partial charge < -0.3 is 20.1 Å². The molecule has 1 saturated heterocycles. The standard InChI is InChI=1S/C26H33N5O2/c1-3-27-26(29-18-22-7-4-6-21-8-5-13-28-25(21)22)30-19-24(31-14-16-33-17-15-31)20-9-11-23(32-2)12-10-20/h4-13,24H,3,14-19H2,1-2H3,(H2,27,29,30). The Balaban J connectivity index is 1.50. The summed E-state index contributed by atoms with van der Waals surface area (Å²) in [6, 6.07) is 18.8. The van der Waals surface area contributed by atoms with Crippen LogP contribution < -0.4 is 15.4 Å². The largest absolute Gasteiger partial charge is 0.497 e. The summed E-state index contributed by atoms with van der Waals surface area (Å²) in [5, 5.41) is 8.09. The minimum Gasteiger partial charge on any atom is -0.497 e. The number of hydrogen-bond acceptors (Lipinski definition) is 5. The summed E-state index contributed by atoms with van der Waals surface area (Å²) in [5.74, 6) is 1.67. The second kappa shape index (κ2) is 11.6. The van der Waals surface area contributed by atoms with Gasteiger partial charge in [-0.2, -0.15) is 0 Å². The number of guanidine groups is 1. The van der Waals surface area contributed by atoms with Gasteiger partial charge in [0.2, 0.25) is 0 Å². The smallest absolute Gasteiger partial charge is 0.191 e. The lowest BCUT2D eigenvalue weighted by Gasteiger charge is -2.35. The predicted octanol–water partition coefficient (Wildman–Crippen LogP) is 3.37. The van der Waals surface area contributed by atoms with E-state index in [-0.39, 0.29) is 6.04 Å². The number of rotatable bonds is 8. The van der Waals surface area contributed by atoms with Gasteiger partial charge in [-0.3, -0.25) is 9.88 Å². The van der Waals surface area contributed by atoms with Gasteiger partial charge in [0.15, 0.2) is 5.96 Å². The summed E-state index contributed by atoms with van der Waals surface area (Å²) in [6.07, 6.45) is 1.83. The van der Waals surface area contributed by atoms with Gasteiger partial charge in [-0.05, 0) is 36.2 Å². The Morgan fingerprint density at radius 1 is 1.09 bits per heavy atom. The van der Waals surface area contributed by atoms with Gasteiger partial charge in [-0.25, -0.2) is 4.99 Å². The summed E-state index contributed by atoms with van der Waals surface area (Å²) >= 11 is 0. The average molecular weight is 448 g/mol. The first-order valence-electron chi connectivity index (χ1n) is 11.6. The molecule has 3 aromatic rings. The Labute approximate surface area is 195 Å². The van der Waals surface area contributed by atoms with Gasteiger partial charge in [0.1, 0.15) is 5.75 Å². The molecule has 2 aromatic carbocycles. The maximum absolute atomic E-state index is 5.59. The predicted molar refractivity (Wildman–Crippen MR) is 133 cm³/mol. The lowest BCUT2D eigenvalue weighted by Crippen LogP contribution is -2.46. The molecular weight excluding hydrogens is 414 g/mol. The molecule has 174 valence electrons. The van der Waals surface area contributed by atoms with Crippen LogP contribution in [0.1, 0.15) is 24.1 Å². The van der Waals surface area contributed by atoms with Crippen molar-refractivity contribution in [2.75, 3.05) is 46.5 Å². The lowest BCUT2D eigenvalue weighted by atomic mass is 10.0. The minimum absolute atomic E-state index is 0.211. The molecule has 0 spiro atoms. The van der Waals surface area contributed by atoms with Crippen molar-refractivity contribution in [1.29, 1.82) is 0 Å². The van der Waals surface area contributed by atoms with Crippen LogP contribution in [0, 0.1) is 0 Å². The van der Waals surface area contributed by atoms with Crippen molar-refractivity contribution >= 4 is 16.9 Å². The van der Waals surface area contributed by atoms with Crippen molar-refractivity contribution in [2.45, 2.75) is 19.5 Å². The molecule has 33 heavy (non-hydrogen) atoms. The van der Waals surface area contributed by atoms with E-state index in [9.17, 15) is 0 Å². The van der Waals surface area contributed by atoms with Crippen LogP contribution in [0.15, 0.2) is 65.8 Å². The third-order valence-electron chi connectivity index (χ3n) is 5.92. The second-order valence-corrected chi connectivity index (χ2v) is 8.01. The molecule has 1 atom stereocenters. The Morgan fingerprint density at radius 3 is 2.64 bits per heavy atom. The fourth-order valence-corrected chi connectivity index (χ4v) is 4.17. The third-order valence-corrected chi connectivity index (χ3v) is 5.92. The fourth-order valence-electron chi connectivity index (χ4n) is 4.17. The van der Waals surface area contributed by atoms with Crippen molar-refractivity contribution in [1.82, 2.24) is 20.5 Å². The van der Waals surface area contributed by atoms with E-state index >= 15 is 0 Å². The van der Waals surface area contributed by atoms with Gasteiger partial charge in [-0.15, -0.1) is 0 Å². The van der Waals surface area contributed by atoms with Crippen molar-refractivity contribution in [3.8, 4) is 5.75 Å². The zero-order valence-corrected chi connectivity index (χ0v) is 19.5. The first-order valence-corrected chi connectivity index (χ1v) is 11.6. The molecule has 4 rings (SSSR count). The number of aliphatic imine (C=N–C) groups is 1. The molecule has 0 amide bonds. The minimum atomic E-state index is 0.211. The zero-order chi connectivity index (χ0) is 22.9. The zero-order valence-electron chi connectivity index (χ0n) is 19.5. The molecule has 1 aromatic heterocycles. The summed E-state index contributed by atoms with van der Waals surface area (Å²) in [5.41, 5.74) is 3.37. The van der Waals surface area contributed by atoms with E-state index in [2.05, 4.69) is 63.8 Å². The van der Waals surface area contributed by atoms with E-state index in [0.29, 0.717) is 6.54 Å². The van der Waals surface area contributed by atoms with E-state index < -0.39 is 0 Å². The van der Waals surface area contributed by atoms with Crippen LogP contribution in [0.25, 0.3) is 10.9 Å². The van der Waals surface area contributed by atoms with Crippen LogP contribution in [0.2, 0.25) is 0 Å². The van der Waals surface area contributed by atoms with Gasteiger partial charge in [0.05, 0.1) is 38.4 Å². The van der Waals surface area contributed by atoms with Gasteiger partial charge in [0, 0.05) is 37.8 Å². The van der Waals surface area contributed by atoms with Crippen LogP contribution in [-0.2, 0) is 11.3 Å². The number of morpholine rings is 1. The third kappa shape index (κ3) is 6.00. The molecule has 0 bridgehead atoms. The van der Waals surface area contributed by atoms with Crippen molar-refractivity contribution in [3.63, 3.8) is 0 Å². The Kier molecular flexibility index (Phi) is 8.11. The average Bonchev–Trinajstić information content (AvgIpc) is 2.88. The molecule has 1 unspecified atom stereocenters. The monoisotopic (exact) mass is 447 g/mol. The van der Waals surface area contributed by atoms with Crippen molar-refractivity contribution in [3.05, 3.63) is 71.9 Å². The van der Waals surface area contributed by atoms with Crippen LogP contribution in [-0.4, -0.2) is 62.3 Å². The Bertz CT molecular complexity index is 1040. The number of methoxy groups -OCH3 is 1. The molecule has 2 heterocycles. The van der Waals surface area contributed by atoms with Crippen LogP contribution in [0.4, 0.5) is 0 Å². The van der Waals surface area contributed by atoms with Crippen LogP contribution in [0.5, 0.6) is 5.75 Å². The highest BCUT2D eigenvalue weighted by molar-refractivity contribution is 5.83. The lowest BCUT2D eigenvalue weighted by molar-refractivity contribution is 0.0170. The highest BCUT2D eigenvalue weighted by atomic mass is 16.5. The number of benzene rings is 2. The van der Waals surface area contributed by atoms with E-state index in [1.54, 1.807) is 7.11 Å². The highest BCUT2D eigenvalue weighted by Gasteiger charge is 2.23. The summed E-state index contributed by atoms with van der Waals surface area (Å²) < 4.78 is 10.9. The first kappa shape index (κ1) is 23.0. The summed E-state index contributed by atoms with van der Waals surface area (Å²) in [7, 11) is 1.70. The van der Waals surface area contributed by atoms with Crippen molar-refractivity contribution in [2.24, 2.45) is 4.99 Å². The quantitative estimate of drug-likeness (QED) is 0.408. The number of nitrogens with one attached hydrogen (secondary N) is 2. The van der Waals surface area contributed by atoms with Gasteiger partial charge in [0.25, 0.3) is 0 Å². The summed E-state index contributed by atoms with van der Waals surface area (Å²) in [6.45, 7) is 7.52. The number of ether oxygens (including phenoxy) is 2. The second-order valence-electron chi connectivity index (χ2n) is 8.01. The first-order chi connectivity index (χ1) is 16.3. The molecule has 1 aliphatic rings. The number of fused-ring (bicyclic) bond motifs is 1. The number of para-hydroxylation sites is 1. The number of pyridine rings is 1. The number of aromatic nitrogens is 1. The van der Waals surface area contributed by atoms with E-state index in [1.807, 2.05) is 24.4 Å². The maximum atomic E-state index is 5.59. The molecule has 7 nitrogen and oxygen atoms in total. The van der Waals surface area contributed by atoms with Gasteiger partial charge in [-0.1, -0.05) is 36.4 Å². The normalized spacial score (nSPS) is 15.9. The molecule has 0 aliphatic carbocycles. The molecule has 7 heteroatoms. The van der Waals surface area contributed by atoms with Gasteiger partial charge >= 0.3 is 0 Å². The molecular formula is C26H33N5O2. The number of nitrogens with zero attached hydrogens (tertiary/aromatic N) is 3. The van der Waals surface area contributed by atoms with E-state index in [0.717, 1.165) is 67.6 Å². The summed E-state index contributed by atoms with van der Waals surface area (Å²) in [4.78, 5) is 11.9. The van der Waals surface area contributed by atoms with E-state index in [4.69, 9.17) is 14.5 Å².